The molecule has 0 fully saturated rings. The van der Waals surface area contributed by atoms with Crippen molar-refractivity contribution in [2.24, 2.45) is 0 Å². The first-order chi connectivity index (χ1) is 15.8. The second-order valence-electron chi connectivity index (χ2n) is 6.85. The Kier molecular flexibility index (Phi) is 12.6. The molecule has 33 heavy (non-hydrogen) atoms. The van der Waals surface area contributed by atoms with Crippen LogP contribution in [0.1, 0.15) is 45.1 Å². The Morgan fingerprint density at radius 1 is 0.818 bits per heavy atom. The Labute approximate surface area is 191 Å². The average Bonchev–Trinajstić information content (AvgIpc) is 2.78. The van der Waals surface area contributed by atoms with Gasteiger partial charge in [-0.25, -0.2) is 9.59 Å². The van der Waals surface area contributed by atoms with E-state index in [1.807, 2.05) is 0 Å². The summed E-state index contributed by atoms with van der Waals surface area (Å²) in [5.74, 6) is -3.37. The van der Waals surface area contributed by atoms with Crippen LogP contribution >= 0.6 is 0 Å². The molecule has 0 aliphatic carbocycles. The molecule has 1 aromatic rings. The lowest BCUT2D eigenvalue weighted by Gasteiger charge is -2.21. The molecule has 0 aliphatic heterocycles. The predicted molar refractivity (Wildman–Crippen MR) is 115 cm³/mol. The van der Waals surface area contributed by atoms with E-state index in [1.165, 1.54) is 0 Å². The number of rotatable bonds is 14. The number of esters is 2. The highest BCUT2D eigenvalue weighted by Crippen LogP contribution is 2.06. The van der Waals surface area contributed by atoms with Crippen molar-refractivity contribution in [1.29, 1.82) is 0 Å². The summed E-state index contributed by atoms with van der Waals surface area (Å²) in [5.41, 5.74) is 0.727. The van der Waals surface area contributed by atoms with Crippen LogP contribution in [0.2, 0.25) is 0 Å². The van der Waals surface area contributed by atoms with Gasteiger partial charge in [-0.1, -0.05) is 30.3 Å². The van der Waals surface area contributed by atoms with Crippen LogP contribution in [0.4, 0.5) is 4.79 Å². The Bertz CT molecular complexity index is 798. The third-order valence-electron chi connectivity index (χ3n) is 4.32. The molecule has 1 rings (SSSR count). The van der Waals surface area contributed by atoms with Crippen LogP contribution in [0.5, 0.6) is 0 Å². The maximum atomic E-state index is 12.7. The van der Waals surface area contributed by atoms with Gasteiger partial charge in [0.1, 0.15) is 18.7 Å². The van der Waals surface area contributed by atoms with E-state index in [2.05, 4.69) is 10.6 Å². The minimum Gasteiger partial charge on any atom is -0.480 e. The fourth-order valence-electron chi connectivity index (χ4n) is 2.70. The lowest BCUT2D eigenvalue weighted by Crippen LogP contribution is -2.52. The van der Waals surface area contributed by atoms with Crippen molar-refractivity contribution in [3.63, 3.8) is 0 Å². The van der Waals surface area contributed by atoms with Crippen LogP contribution < -0.4 is 10.6 Å². The lowest BCUT2D eigenvalue weighted by atomic mass is 10.1. The molecule has 11 heteroatoms. The monoisotopic (exact) mass is 466 g/mol. The van der Waals surface area contributed by atoms with Crippen molar-refractivity contribution >= 4 is 29.9 Å². The number of hydrogen-bond donors (Lipinski definition) is 3. The summed E-state index contributed by atoms with van der Waals surface area (Å²) in [6.45, 7) is 3.49. The molecule has 182 valence electrons. The van der Waals surface area contributed by atoms with Gasteiger partial charge >= 0.3 is 24.0 Å². The van der Waals surface area contributed by atoms with Crippen LogP contribution in [0.3, 0.4) is 0 Å². The standard InChI is InChI=1S/C22H30N2O9/c1-3-31-18(25)12-10-16(24-22(30)33-14-15-8-6-5-7-9-15)20(27)23-17(21(28)29)11-13-19(26)32-4-2/h5-9,16-17H,3-4,10-14H2,1-2H3,(H,23,27)(H,24,30)(H,28,29)/t16-,17-/m1/s1. The molecule has 1 aromatic carbocycles. The first kappa shape index (κ1) is 27.4. The topological polar surface area (TPSA) is 157 Å². The van der Waals surface area contributed by atoms with Gasteiger partial charge in [-0.2, -0.15) is 0 Å². The maximum Gasteiger partial charge on any atom is 0.408 e. The number of carboxylic acid groups (broad SMARTS) is 1. The second kappa shape index (κ2) is 15.2. The largest absolute Gasteiger partial charge is 0.480 e. The van der Waals surface area contributed by atoms with Crippen molar-refractivity contribution in [3.8, 4) is 0 Å². The van der Waals surface area contributed by atoms with Crippen molar-refractivity contribution in [1.82, 2.24) is 10.6 Å². The molecule has 0 bridgehead atoms. The number of hydrogen-bond acceptors (Lipinski definition) is 8. The van der Waals surface area contributed by atoms with Gasteiger partial charge in [-0.15, -0.1) is 0 Å². The molecule has 2 amide bonds. The molecule has 0 aromatic heterocycles. The number of ether oxygens (including phenoxy) is 3. The van der Waals surface area contributed by atoms with Gasteiger partial charge in [0, 0.05) is 12.8 Å². The van der Waals surface area contributed by atoms with E-state index in [4.69, 9.17) is 14.2 Å². The molecular formula is C22H30N2O9. The van der Waals surface area contributed by atoms with Gasteiger partial charge in [0.25, 0.3) is 0 Å². The van der Waals surface area contributed by atoms with Gasteiger partial charge in [-0.3, -0.25) is 14.4 Å². The van der Waals surface area contributed by atoms with Gasteiger partial charge in [-0.05, 0) is 32.3 Å². The minimum absolute atomic E-state index is 0.0455. The number of benzene rings is 1. The van der Waals surface area contributed by atoms with Crippen LogP contribution in [0.25, 0.3) is 0 Å². The number of carbonyl (C=O) groups is 5. The normalized spacial score (nSPS) is 12.1. The number of alkyl carbamates (subject to hydrolysis) is 1. The Morgan fingerprint density at radius 3 is 1.88 bits per heavy atom. The average molecular weight is 466 g/mol. The van der Waals surface area contributed by atoms with Gasteiger partial charge < -0.3 is 30.0 Å². The first-order valence-corrected chi connectivity index (χ1v) is 10.6. The van der Waals surface area contributed by atoms with Crippen molar-refractivity contribution in [3.05, 3.63) is 35.9 Å². The van der Waals surface area contributed by atoms with Gasteiger partial charge in [0.15, 0.2) is 0 Å². The highest BCUT2D eigenvalue weighted by molar-refractivity contribution is 5.89. The number of nitrogens with one attached hydrogen (secondary N) is 2. The minimum atomic E-state index is -1.39. The number of amides is 2. The van der Waals surface area contributed by atoms with Crippen LogP contribution in [-0.2, 0) is 40.0 Å². The zero-order valence-electron chi connectivity index (χ0n) is 18.7. The quantitative estimate of drug-likeness (QED) is 0.273. The molecule has 0 heterocycles. The fourth-order valence-corrected chi connectivity index (χ4v) is 2.70. The van der Waals surface area contributed by atoms with Gasteiger partial charge in [0.2, 0.25) is 5.91 Å². The smallest absolute Gasteiger partial charge is 0.408 e. The van der Waals surface area contributed by atoms with E-state index in [1.54, 1.807) is 44.2 Å². The van der Waals surface area contributed by atoms with Crippen molar-refractivity contribution < 1.29 is 43.3 Å². The third-order valence-corrected chi connectivity index (χ3v) is 4.32. The summed E-state index contributed by atoms with van der Waals surface area (Å²) in [6, 6.07) is 6.19. The van der Waals surface area contributed by atoms with Crippen molar-refractivity contribution in [2.75, 3.05) is 13.2 Å². The van der Waals surface area contributed by atoms with Crippen LogP contribution in [0.15, 0.2) is 30.3 Å². The summed E-state index contributed by atoms with van der Waals surface area (Å²) >= 11 is 0. The van der Waals surface area contributed by atoms with E-state index < -0.39 is 42.0 Å². The Hall–Kier alpha value is -3.63. The van der Waals surface area contributed by atoms with Crippen molar-refractivity contribution in [2.45, 2.75) is 58.2 Å². The van der Waals surface area contributed by atoms with Gasteiger partial charge in [0.05, 0.1) is 13.2 Å². The van der Waals surface area contributed by atoms with Crippen LogP contribution in [0, 0.1) is 0 Å². The molecule has 0 radical (unpaired) electrons. The fraction of sp³-hybridized carbons (Fsp3) is 0.500. The summed E-state index contributed by atoms with van der Waals surface area (Å²) < 4.78 is 14.7. The summed E-state index contributed by atoms with van der Waals surface area (Å²) in [4.78, 5) is 59.6. The zero-order chi connectivity index (χ0) is 24.6. The maximum absolute atomic E-state index is 12.7. The second-order valence-corrected chi connectivity index (χ2v) is 6.85. The molecule has 0 unspecified atom stereocenters. The molecule has 0 spiro atoms. The molecule has 3 N–H and O–H groups in total. The number of carbonyl (C=O) groups excluding carboxylic acids is 4. The SMILES string of the molecule is CCOC(=O)CC[C@@H](NC(=O)[C@@H](CCC(=O)OCC)NC(=O)OCc1ccccc1)C(=O)O. The Balaban J connectivity index is 2.76. The molecular weight excluding hydrogens is 436 g/mol. The summed E-state index contributed by atoms with van der Waals surface area (Å²) in [6.07, 6.45) is -1.67. The molecule has 0 saturated carbocycles. The van der Waals surface area contributed by atoms with Crippen LogP contribution in [-0.4, -0.2) is 60.3 Å². The molecule has 2 atom stereocenters. The number of aliphatic carboxylic acids is 1. The van der Waals surface area contributed by atoms with E-state index in [9.17, 15) is 29.1 Å². The first-order valence-electron chi connectivity index (χ1n) is 10.6. The lowest BCUT2D eigenvalue weighted by molar-refractivity contribution is -0.146. The highest BCUT2D eigenvalue weighted by Gasteiger charge is 2.28. The number of carboxylic acids is 1. The van der Waals surface area contributed by atoms with E-state index in [-0.39, 0.29) is 45.5 Å². The zero-order valence-corrected chi connectivity index (χ0v) is 18.7. The van der Waals surface area contributed by atoms with E-state index in [0.717, 1.165) is 5.56 Å². The summed E-state index contributed by atoms with van der Waals surface area (Å²) in [7, 11) is 0. The Morgan fingerprint density at radius 2 is 1.36 bits per heavy atom. The third kappa shape index (κ3) is 11.5. The highest BCUT2D eigenvalue weighted by atomic mass is 16.5. The van der Waals surface area contributed by atoms with E-state index >= 15 is 0 Å². The molecule has 0 aliphatic rings. The predicted octanol–water partition coefficient (Wildman–Crippen LogP) is 1.54. The van der Waals surface area contributed by atoms with E-state index in [0.29, 0.717) is 0 Å². The molecule has 0 saturated heterocycles. The molecule has 11 nitrogen and oxygen atoms in total. The summed E-state index contributed by atoms with van der Waals surface area (Å²) in [5, 5.41) is 14.0.